The van der Waals surface area contributed by atoms with Gasteiger partial charge in [-0.15, -0.1) is 11.3 Å². The molecule has 0 N–H and O–H groups in total. The number of fused-ring (bicyclic) bond motifs is 3. The minimum absolute atomic E-state index is 0.122. The molecule has 0 aliphatic carbocycles. The maximum absolute atomic E-state index is 11.4. The highest BCUT2D eigenvalue weighted by molar-refractivity contribution is 7.18. The molecule has 0 aliphatic rings. The van der Waals surface area contributed by atoms with Crippen LogP contribution in [0.3, 0.4) is 0 Å². The van der Waals surface area contributed by atoms with E-state index in [1.54, 1.807) is 29.5 Å². The Balaban J connectivity index is 1.84. The molecule has 0 saturated carbocycles. The Kier molecular flexibility index (Phi) is 3.55. The van der Waals surface area contributed by atoms with Gasteiger partial charge in [-0.05, 0) is 41.3 Å². The van der Waals surface area contributed by atoms with E-state index >= 15 is 0 Å². The van der Waals surface area contributed by atoms with Crippen LogP contribution in [0.15, 0.2) is 84.2 Å². The van der Waals surface area contributed by atoms with Crippen molar-refractivity contribution >= 4 is 38.1 Å². The first kappa shape index (κ1) is 15.8. The number of para-hydroxylation sites is 2. The van der Waals surface area contributed by atoms with E-state index in [1.165, 1.54) is 4.70 Å². The van der Waals surface area contributed by atoms with Crippen LogP contribution in [0, 0.1) is 10.1 Å². The summed E-state index contributed by atoms with van der Waals surface area (Å²) in [5.74, 6) is 0. The molecule has 2 aromatic heterocycles. The molecule has 0 unspecified atom stereocenters. The highest BCUT2D eigenvalue weighted by Crippen LogP contribution is 2.38. The highest BCUT2D eigenvalue weighted by Gasteiger charge is 2.18. The van der Waals surface area contributed by atoms with Crippen LogP contribution in [0.2, 0.25) is 0 Å². The Bertz CT molecular complexity index is 1300. The van der Waals surface area contributed by atoms with Gasteiger partial charge in [0.25, 0.3) is 5.69 Å². The van der Waals surface area contributed by atoms with E-state index in [-0.39, 0.29) is 10.6 Å². The molecule has 5 rings (SSSR count). The average molecular weight is 370 g/mol. The number of hydrogen-bond acceptors (Lipinski definition) is 3. The molecule has 0 bridgehead atoms. The first-order valence-electron chi connectivity index (χ1n) is 8.55. The standard InChI is InChI=1S/C22H14N2O2S/c25-24(26)19-9-5-4-8-17(19)15-10-11-18-21(14-15)23(16-6-2-1-3-7-16)20-12-13-27-22(18)20/h1-14H. The highest BCUT2D eigenvalue weighted by atomic mass is 32.1. The van der Waals surface area contributed by atoms with Crippen LogP contribution in [0.1, 0.15) is 0 Å². The predicted octanol–water partition coefficient (Wildman–Crippen LogP) is 6.42. The molecule has 5 heteroatoms. The molecule has 3 aromatic carbocycles. The van der Waals surface area contributed by atoms with Crippen LogP contribution in [0.4, 0.5) is 5.69 Å². The lowest BCUT2D eigenvalue weighted by Crippen LogP contribution is -1.94. The van der Waals surface area contributed by atoms with E-state index in [9.17, 15) is 10.1 Å². The van der Waals surface area contributed by atoms with E-state index < -0.39 is 0 Å². The van der Waals surface area contributed by atoms with Crippen molar-refractivity contribution in [1.29, 1.82) is 0 Å². The van der Waals surface area contributed by atoms with Crippen LogP contribution in [0.25, 0.3) is 37.9 Å². The maximum atomic E-state index is 11.4. The second kappa shape index (κ2) is 6.07. The van der Waals surface area contributed by atoms with Crippen LogP contribution in [-0.2, 0) is 0 Å². The zero-order valence-corrected chi connectivity index (χ0v) is 15.0. The smallest absolute Gasteiger partial charge is 0.277 e. The summed E-state index contributed by atoms with van der Waals surface area (Å²) in [6.45, 7) is 0. The summed E-state index contributed by atoms with van der Waals surface area (Å²) in [7, 11) is 0. The summed E-state index contributed by atoms with van der Waals surface area (Å²) < 4.78 is 3.45. The molecular weight excluding hydrogens is 356 g/mol. The van der Waals surface area contributed by atoms with Gasteiger partial charge in [0.05, 0.1) is 26.2 Å². The number of nitro groups is 1. The van der Waals surface area contributed by atoms with Crippen molar-refractivity contribution in [1.82, 2.24) is 4.57 Å². The van der Waals surface area contributed by atoms with Gasteiger partial charge >= 0.3 is 0 Å². The minimum Gasteiger partial charge on any atom is -0.308 e. The normalized spacial score (nSPS) is 11.3. The van der Waals surface area contributed by atoms with Gasteiger partial charge in [-0.2, -0.15) is 0 Å². The summed E-state index contributed by atoms with van der Waals surface area (Å²) in [5.41, 5.74) is 4.89. The maximum Gasteiger partial charge on any atom is 0.277 e. The van der Waals surface area contributed by atoms with Crippen molar-refractivity contribution in [3.05, 3.63) is 94.4 Å². The fraction of sp³-hybridized carbons (Fsp3) is 0. The van der Waals surface area contributed by atoms with Gasteiger partial charge in [-0.1, -0.05) is 42.5 Å². The molecule has 0 atom stereocenters. The van der Waals surface area contributed by atoms with Crippen molar-refractivity contribution in [2.24, 2.45) is 0 Å². The molecule has 2 heterocycles. The second-order valence-electron chi connectivity index (χ2n) is 6.31. The molecule has 0 saturated heterocycles. The molecule has 130 valence electrons. The van der Waals surface area contributed by atoms with Gasteiger partial charge in [-0.3, -0.25) is 10.1 Å². The third-order valence-corrected chi connectivity index (χ3v) is 5.73. The van der Waals surface area contributed by atoms with Crippen molar-refractivity contribution in [3.8, 4) is 16.8 Å². The molecule has 0 amide bonds. The van der Waals surface area contributed by atoms with Crippen LogP contribution >= 0.6 is 11.3 Å². The van der Waals surface area contributed by atoms with Gasteiger partial charge in [0.1, 0.15) is 0 Å². The fourth-order valence-corrected chi connectivity index (χ4v) is 4.53. The number of aromatic nitrogens is 1. The quantitative estimate of drug-likeness (QED) is 0.272. The molecule has 0 fully saturated rings. The Morgan fingerprint density at radius 2 is 1.63 bits per heavy atom. The van der Waals surface area contributed by atoms with E-state index in [0.717, 1.165) is 27.7 Å². The van der Waals surface area contributed by atoms with Gasteiger partial charge in [-0.25, -0.2) is 0 Å². The van der Waals surface area contributed by atoms with Crippen LogP contribution in [0.5, 0.6) is 0 Å². The topological polar surface area (TPSA) is 48.1 Å². The summed E-state index contributed by atoms with van der Waals surface area (Å²) in [5, 5.41) is 14.7. The summed E-state index contributed by atoms with van der Waals surface area (Å²) in [6, 6.07) is 25.3. The van der Waals surface area contributed by atoms with Crippen LogP contribution in [-0.4, -0.2) is 9.49 Å². The Morgan fingerprint density at radius 3 is 2.44 bits per heavy atom. The van der Waals surface area contributed by atoms with Gasteiger partial charge in [0.15, 0.2) is 0 Å². The zero-order chi connectivity index (χ0) is 18.4. The lowest BCUT2D eigenvalue weighted by molar-refractivity contribution is -0.384. The molecule has 0 spiro atoms. The molecule has 27 heavy (non-hydrogen) atoms. The lowest BCUT2D eigenvalue weighted by atomic mass is 10.0. The lowest BCUT2D eigenvalue weighted by Gasteiger charge is -2.08. The third kappa shape index (κ3) is 2.44. The van der Waals surface area contributed by atoms with Crippen molar-refractivity contribution < 1.29 is 4.92 Å². The van der Waals surface area contributed by atoms with E-state index in [0.29, 0.717) is 5.56 Å². The largest absolute Gasteiger partial charge is 0.308 e. The second-order valence-corrected chi connectivity index (χ2v) is 7.23. The number of nitrogens with zero attached hydrogens (tertiary/aromatic N) is 2. The Labute approximate surface area is 159 Å². The van der Waals surface area contributed by atoms with Crippen molar-refractivity contribution in [2.45, 2.75) is 0 Å². The number of benzene rings is 3. The van der Waals surface area contributed by atoms with Crippen molar-refractivity contribution in [3.63, 3.8) is 0 Å². The Morgan fingerprint density at radius 1 is 0.852 bits per heavy atom. The zero-order valence-electron chi connectivity index (χ0n) is 14.2. The monoisotopic (exact) mass is 370 g/mol. The van der Waals surface area contributed by atoms with Gasteiger partial charge in [0, 0.05) is 17.1 Å². The molecule has 5 aromatic rings. The average Bonchev–Trinajstić information content (AvgIpc) is 3.28. The third-order valence-electron chi connectivity index (χ3n) is 4.79. The number of rotatable bonds is 3. The summed E-state index contributed by atoms with van der Waals surface area (Å²) in [4.78, 5) is 11.1. The Hall–Kier alpha value is -3.44. The molecule has 0 aliphatic heterocycles. The van der Waals surface area contributed by atoms with E-state index in [4.69, 9.17) is 0 Å². The van der Waals surface area contributed by atoms with Gasteiger partial charge in [0.2, 0.25) is 0 Å². The molecular formula is C22H14N2O2S. The number of nitro benzene ring substituents is 1. The van der Waals surface area contributed by atoms with E-state index in [2.05, 4.69) is 40.3 Å². The number of thiophene rings is 1. The minimum atomic E-state index is -0.325. The molecule has 0 radical (unpaired) electrons. The summed E-state index contributed by atoms with van der Waals surface area (Å²) >= 11 is 1.71. The van der Waals surface area contributed by atoms with E-state index in [1.807, 2.05) is 30.3 Å². The SMILES string of the molecule is O=[N+]([O-])c1ccccc1-c1ccc2c3sccc3n(-c3ccccc3)c2c1. The summed E-state index contributed by atoms with van der Waals surface area (Å²) in [6.07, 6.45) is 0. The number of hydrogen-bond donors (Lipinski definition) is 0. The first-order chi connectivity index (χ1) is 13.2. The predicted molar refractivity (Wildman–Crippen MR) is 111 cm³/mol. The fourth-order valence-electron chi connectivity index (χ4n) is 3.62. The first-order valence-corrected chi connectivity index (χ1v) is 9.43. The van der Waals surface area contributed by atoms with Gasteiger partial charge < -0.3 is 4.57 Å². The van der Waals surface area contributed by atoms with Crippen LogP contribution < -0.4 is 0 Å². The molecule has 4 nitrogen and oxygen atoms in total. The van der Waals surface area contributed by atoms with Crippen molar-refractivity contribution in [2.75, 3.05) is 0 Å².